The molecule has 0 fully saturated rings. The van der Waals surface area contributed by atoms with Gasteiger partial charge < -0.3 is 0 Å². The molecule has 2 aromatic carbocycles. The molecule has 0 spiro atoms. The lowest BCUT2D eigenvalue weighted by atomic mass is 10.2. The topological polar surface area (TPSA) is 18.8 Å². The highest BCUT2D eigenvalue weighted by Gasteiger charge is 2.33. The van der Waals surface area contributed by atoms with E-state index in [1.807, 2.05) is 23.5 Å². The van der Waals surface area contributed by atoms with E-state index >= 15 is 0 Å². The second-order valence-electron chi connectivity index (χ2n) is 4.88. The molecule has 0 radical (unpaired) electrons. The number of hydrogen-bond donors (Lipinski definition) is 0. The summed E-state index contributed by atoms with van der Waals surface area (Å²) in [4.78, 5) is 0. The van der Waals surface area contributed by atoms with E-state index < -0.39 is 7.42 Å². The molecule has 0 bridgehead atoms. The maximum absolute atomic E-state index is 4.93. The van der Waals surface area contributed by atoms with Crippen molar-refractivity contribution >= 4 is 29.5 Å². The first-order valence-corrected chi connectivity index (χ1v) is 10.2. The van der Waals surface area contributed by atoms with Gasteiger partial charge in [-0.3, -0.25) is 4.67 Å². The first kappa shape index (κ1) is 15.5. The Morgan fingerprint density at radius 3 is 2.14 bits per heavy atom. The Morgan fingerprint density at radius 2 is 1.55 bits per heavy atom. The van der Waals surface area contributed by atoms with Crippen LogP contribution >= 0.6 is 18.8 Å². The van der Waals surface area contributed by atoms with Gasteiger partial charge in [0, 0.05) is 18.7 Å². The van der Waals surface area contributed by atoms with Crippen molar-refractivity contribution in [3.63, 3.8) is 0 Å². The first-order valence-electron chi connectivity index (χ1n) is 7.55. The van der Waals surface area contributed by atoms with Gasteiger partial charge >= 0.3 is 0 Å². The summed E-state index contributed by atoms with van der Waals surface area (Å²) >= 11 is 1.89. The fourth-order valence-corrected chi connectivity index (χ4v) is 6.85. The Labute approximate surface area is 137 Å². The summed E-state index contributed by atoms with van der Waals surface area (Å²) in [5, 5.41) is 6.04. The molecule has 1 heterocycles. The molecule has 0 amide bonds. The molecule has 5 heteroatoms. The summed E-state index contributed by atoms with van der Waals surface area (Å²) in [6.07, 6.45) is 0. The number of anilines is 1. The summed E-state index contributed by atoms with van der Waals surface area (Å²) in [7, 11) is -0.532. The largest absolute Gasteiger partial charge is 0.256 e. The van der Waals surface area contributed by atoms with Crippen LogP contribution in [0.3, 0.4) is 0 Å². The zero-order valence-electron chi connectivity index (χ0n) is 12.9. The Kier molecular flexibility index (Phi) is 5.14. The summed E-state index contributed by atoms with van der Waals surface area (Å²) in [6, 6.07) is 20.9. The third-order valence-corrected chi connectivity index (χ3v) is 8.01. The molecule has 0 N–H and O–H groups in total. The van der Waals surface area contributed by atoms with Crippen LogP contribution in [0.1, 0.15) is 19.4 Å². The molecule has 1 atom stereocenters. The van der Waals surface area contributed by atoms with Crippen LogP contribution in [-0.2, 0) is 0 Å². The summed E-state index contributed by atoms with van der Waals surface area (Å²) in [6.45, 7) is 6.51. The average molecular weight is 329 g/mol. The van der Waals surface area contributed by atoms with E-state index in [-0.39, 0.29) is 0 Å². The lowest BCUT2D eigenvalue weighted by molar-refractivity contribution is 0.511. The Hall–Kier alpha value is -1.35. The van der Waals surface area contributed by atoms with Gasteiger partial charge in [-0.1, -0.05) is 62.4 Å². The number of hydrazone groups is 1. The van der Waals surface area contributed by atoms with Crippen LogP contribution in [0.5, 0.6) is 0 Å². The highest BCUT2D eigenvalue weighted by atomic mass is 32.7. The molecular formula is C17H20N3PS. The number of hydrogen-bond acceptors (Lipinski definition) is 4. The van der Waals surface area contributed by atoms with E-state index in [2.05, 4.69) is 71.8 Å². The van der Waals surface area contributed by atoms with Crippen LogP contribution in [0, 0.1) is 0 Å². The molecule has 1 unspecified atom stereocenters. The lowest BCUT2D eigenvalue weighted by Gasteiger charge is -2.30. The van der Waals surface area contributed by atoms with Crippen molar-refractivity contribution in [1.82, 2.24) is 4.67 Å². The Balaban J connectivity index is 1.95. The SMILES string of the molecule is CCN(CC)P1SC(c2ccccc2)=NN1c1ccccc1. The predicted molar refractivity (Wildman–Crippen MR) is 99.3 cm³/mol. The van der Waals surface area contributed by atoms with E-state index in [0.29, 0.717) is 0 Å². The average Bonchev–Trinajstić information content (AvgIpc) is 3.03. The zero-order chi connectivity index (χ0) is 15.4. The third-order valence-electron chi connectivity index (χ3n) is 3.50. The second kappa shape index (κ2) is 7.28. The second-order valence-corrected chi connectivity index (χ2v) is 8.43. The monoisotopic (exact) mass is 329 g/mol. The Morgan fingerprint density at radius 1 is 0.955 bits per heavy atom. The molecule has 0 saturated carbocycles. The zero-order valence-corrected chi connectivity index (χ0v) is 14.6. The van der Waals surface area contributed by atoms with Gasteiger partial charge in [-0.25, -0.2) is 4.78 Å². The molecule has 3 nitrogen and oxygen atoms in total. The van der Waals surface area contributed by atoms with Gasteiger partial charge in [0.05, 0.1) is 5.69 Å². The predicted octanol–water partition coefficient (Wildman–Crippen LogP) is 5.17. The molecule has 3 rings (SSSR count). The minimum Gasteiger partial charge on any atom is -0.256 e. The molecule has 1 aliphatic rings. The van der Waals surface area contributed by atoms with Gasteiger partial charge in [0.25, 0.3) is 0 Å². The fourth-order valence-electron chi connectivity index (χ4n) is 2.31. The minimum atomic E-state index is -0.532. The van der Waals surface area contributed by atoms with Crippen LogP contribution in [0.15, 0.2) is 65.8 Å². The van der Waals surface area contributed by atoms with Crippen LogP contribution in [0.25, 0.3) is 0 Å². The molecule has 0 aromatic heterocycles. The van der Waals surface area contributed by atoms with E-state index in [0.717, 1.165) is 18.1 Å². The lowest BCUT2D eigenvalue weighted by Crippen LogP contribution is -2.22. The number of nitrogens with zero attached hydrogens (tertiary/aromatic N) is 3. The summed E-state index contributed by atoms with van der Waals surface area (Å²) in [5.41, 5.74) is 2.37. The van der Waals surface area contributed by atoms with E-state index in [1.165, 1.54) is 11.3 Å². The molecule has 114 valence electrons. The van der Waals surface area contributed by atoms with Gasteiger partial charge in [0.2, 0.25) is 0 Å². The van der Waals surface area contributed by atoms with Gasteiger partial charge in [0.15, 0.2) is 7.42 Å². The molecule has 1 aliphatic heterocycles. The van der Waals surface area contributed by atoms with Crippen LogP contribution in [0.4, 0.5) is 5.69 Å². The van der Waals surface area contributed by atoms with Crippen molar-refractivity contribution in [3.8, 4) is 0 Å². The summed E-state index contributed by atoms with van der Waals surface area (Å²) in [5.74, 6) is 0. The van der Waals surface area contributed by atoms with Crippen LogP contribution in [0.2, 0.25) is 0 Å². The van der Waals surface area contributed by atoms with Crippen molar-refractivity contribution in [2.24, 2.45) is 5.10 Å². The molecular weight excluding hydrogens is 309 g/mol. The Bertz CT molecular complexity index is 629. The molecule has 22 heavy (non-hydrogen) atoms. The highest BCUT2D eigenvalue weighted by Crippen LogP contribution is 2.62. The van der Waals surface area contributed by atoms with Gasteiger partial charge in [-0.15, -0.1) is 0 Å². The van der Waals surface area contributed by atoms with Crippen molar-refractivity contribution in [2.75, 3.05) is 17.9 Å². The van der Waals surface area contributed by atoms with Crippen molar-refractivity contribution in [1.29, 1.82) is 0 Å². The summed E-state index contributed by atoms with van der Waals surface area (Å²) < 4.78 is 4.70. The normalized spacial score (nSPS) is 17.9. The van der Waals surface area contributed by atoms with Gasteiger partial charge in [0.1, 0.15) is 5.04 Å². The third kappa shape index (κ3) is 3.19. The van der Waals surface area contributed by atoms with E-state index in [9.17, 15) is 0 Å². The maximum Gasteiger partial charge on any atom is 0.160 e. The highest BCUT2D eigenvalue weighted by molar-refractivity contribution is 8.63. The van der Waals surface area contributed by atoms with Crippen LogP contribution in [-0.4, -0.2) is 22.8 Å². The first-order chi connectivity index (χ1) is 10.8. The molecule has 2 aromatic rings. The fraction of sp³-hybridized carbons (Fsp3) is 0.235. The van der Waals surface area contributed by atoms with E-state index in [1.54, 1.807) is 0 Å². The number of benzene rings is 2. The van der Waals surface area contributed by atoms with Crippen LogP contribution < -0.4 is 4.78 Å². The van der Waals surface area contributed by atoms with Gasteiger partial charge in [-0.2, -0.15) is 5.10 Å². The maximum atomic E-state index is 4.93. The number of para-hydroxylation sites is 1. The minimum absolute atomic E-state index is 0.532. The standard InChI is InChI=1S/C17H20N3PS/c1-3-19(4-2)21-20(16-13-9-6-10-14-16)18-17(22-21)15-11-7-5-8-12-15/h5-14H,3-4H2,1-2H3. The number of rotatable bonds is 5. The molecule has 0 aliphatic carbocycles. The molecule has 0 saturated heterocycles. The van der Waals surface area contributed by atoms with Crippen molar-refractivity contribution in [3.05, 3.63) is 66.2 Å². The quantitative estimate of drug-likeness (QED) is 0.705. The van der Waals surface area contributed by atoms with Gasteiger partial charge in [-0.05, 0) is 23.5 Å². The smallest absolute Gasteiger partial charge is 0.160 e. The van der Waals surface area contributed by atoms with Crippen molar-refractivity contribution in [2.45, 2.75) is 13.8 Å². The van der Waals surface area contributed by atoms with Crippen molar-refractivity contribution < 1.29 is 0 Å². The van der Waals surface area contributed by atoms with E-state index in [4.69, 9.17) is 5.10 Å².